The molecule has 0 saturated carbocycles. The van der Waals surface area contributed by atoms with E-state index >= 15 is 0 Å². The molecule has 1 atom stereocenters. The lowest BCUT2D eigenvalue weighted by molar-refractivity contribution is -0.146. The number of nitrogens with zero attached hydrogens (tertiary/aromatic N) is 4. The van der Waals surface area contributed by atoms with Crippen molar-refractivity contribution < 1.29 is 57.6 Å². The fraction of sp³-hybridized carbons (Fsp3) is 0.304. The molecule has 0 bridgehead atoms. The van der Waals surface area contributed by atoms with Crippen LogP contribution in [0.4, 0.5) is 0 Å². The lowest BCUT2D eigenvalue weighted by Gasteiger charge is -2.09. The number of rotatable bonds is 16. The minimum Gasteiger partial charge on any atom is -0.481 e. The largest absolute Gasteiger partial charge is 0.481 e. The van der Waals surface area contributed by atoms with Gasteiger partial charge in [-0.1, -0.05) is 60.7 Å². The van der Waals surface area contributed by atoms with Crippen LogP contribution in [0.25, 0.3) is 22.1 Å². The van der Waals surface area contributed by atoms with Crippen molar-refractivity contribution >= 4 is 57.4 Å². The number of Topliss-reactive ketones (excluding diaryl/α,β-unsaturated/α-hetero) is 2. The highest BCUT2D eigenvalue weighted by atomic mass is 16.6. The van der Waals surface area contributed by atoms with Crippen molar-refractivity contribution in [1.29, 1.82) is 0 Å². The minimum absolute atomic E-state index is 0.121. The Morgan fingerprint density at radius 1 is 0.672 bits per heavy atom. The maximum Gasteiger partial charge on any atom is 0.344 e. The highest BCUT2D eigenvalue weighted by Gasteiger charge is 2.29. The van der Waals surface area contributed by atoms with Gasteiger partial charge < -0.3 is 49.4 Å². The van der Waals surface area contributed by atoms with E-state index in [1.165, 1.54) is 24.5 Å². The average Bonchev–Trinajstić information content (AvgIpc) is 3.96. The topological polar surface area (TPSA) is 256 Å². The number of amides is 2. The maximum absolute atomic E-state index is 12.6. The summed E-state index contributed by atoms with van der Waals surface area (Å²) in [7, 11) is 0. The molecule has 18 nitrogen and oxygen atoms in total. The molecular weight excluding hydrogens is 829 g/mol. The Kier molecular flexibility index (Phi) is 16.8. The van der Waals surface area contributed by atoms with Crippen molar-refractivity contribution in [3.8, 4) is 11.5 Å². The van der Waals surface area contributed by atoms with Crippen LogP contribution in [0, 0.1) is 13.8 Å². The molecule has 5 N–H and O–H groups in total. The van der Waals surface area contributed by atoms with E-state index in [0.29, 0.717) is 46.5 Å². The standard InChI is InChI=1S/2C21H21N3O5.C4H8O2/c2*1-3-28-16(25)12-29-15-9-10-23-21-18(15)17(19(26)20(22)27)13(2)24(21)11-14-7-5-4-6-8-14;5-4-2-1-3-6-4/h2*4-10H,3,11-12H2,1-2H3,(H2,22,27);4-5H,1-3H2. The first kappa shape index (κ1) is 47.6. The Morgan fingerprint density at radius 2 is 1.08 bits per heavy atom. The number of ketones is 2. The first-order valence-electron chi connectivity index (χ1n) is 20.3. The summed E-state index contributed by atoms with van der Waals surface area (Å²) in [6.07, 6.45) is 4.41. The number of hydrogen-bond acceptors (Lipinski definition) is 14. The van der Waals surface area contributed by atoms with E-state index < -0.39 is 41.6 Å². The molecule has 0 radical (unpaired) electrons. The van der Waals surface area contributed by atoms with E-state index in [2.05, 4.69) is 9.97 Å². The van der Waals surface area contributed by atoms with Crippen molar-refractivity contribution in [1.82, 2.24) is 19.1 Å². The first-order chi connectivity index (χ1) is 30.8. The van der Waals surface area contributed by atoms with Gasteiger partial charge in [-0.15, -0.1) is 0 Å². The number of esters is 2. The fourth-order valence-corrected chi connectivity index (χ4v) is 6.90. The molecule has 18 heteroatoms. The van der Waals surface area contributed by atoms with Crippen molar-refractivity contribution in [3.63, 3.8) is 0 Å². The van der Waals surface area contributed by atoms with Crippen LogP contribution in [0.15, 0.2) is 85.2 Å². The molecule has 64 heavy (non-hydrogen) atoms. The number of hydrogen-bond donors (Lipinski definition) is 3. The van der Waals surface area contributed by atoms with E-state index in [1.807, 2.05) is 69.8 Å². The number of carbonyl (C=O) groups excluding carboxylic acids is 6. The molecule has 0 spiro atoms. The number of aliphatic hydroxyl groups excluding tert-OH is 1. The Labute approximate surface area is 368 Å². The lowest BCUT2D eigenvalue weighted by Crippen LogP contribution is -2.24. The number of aliphatic hydroxyl groups is 1. The number of nitrogens with two attached hydrogens (primary N) is 2. The van der Waals surface area contributed by atoms with E-state index in [-0.39, 0.29) is 49.1 Å². The third-order valence-corrected chi connectivity index (χ3v) is 9.81. The summed E-state index contributed by atoms with van der Waals surface area (Å²) in [6, 6.07) is 22.3. The molecule has 5 heterocycles. The summed E-state index contributed by atoms with van der Waals surface area (Å²) >= 11 is 0. The van der Waals surface area contributed by atoms with E-state index in [9.17, 15) is 28.8 Å². The molecule has 4 aromatic heterocycles. The zero-order valence-corrected chi connectivity index (χ0v) is 35.9. The lowest BCUT2D eigenvalue weighted by atomic mass is 10.1. The van der Waals surface area contributed by atoms with Crippen LogP contribution in [0.2, 0.25) is 0 Å². The zero-order valence-electron chi connectivity index (χ0n) is 35.9. The Hall–Kier alpha value is -7.44. The summed E-state index contributed by atoms with van der Waals surface area (Å²) in [5.74, 6) is -4.41. The average molecular weight is 879 g/mol. The van der Waals surface area contributed by atoms with Crippen molar-refractivity contribution in [3.05, 3.63) is 119 Å². The van der Waals surface area contributed by atoms with Gasteiger partial charge in [0.15, 0.2) is 19.5 Å². The second-order valence-corrected chi connectivity index (χ2v) is 14.1. The van der Waals surface area contributed by atoms with Gasteiger partial charge in [0.05, 0.1) is 35.1 Å². The van der Waals surface area contributed by atoms with Crippen molar-refractivity contribution in [2.75, 3.05) is 33.0 Å². The summed E-state index contributed by atoms with van der Waals surface area (Å²) in [4.78, 5) is 80.6. The number of fused-ring (bicyclic) bond motifs is 2. The number of pyridine rings is 2. The predicted molar refractivity (Wildman–Crippen MR) is 233 cm³/mol. The molecule has 1 aliphatic rings. The molecule has 1 aliphatic heterocycles. The predicted octanol–water partition coefficient (Wildman–Crippen LogP) is 4.12. The normalized spacial score (nSPS) is 12.9. The number of benzene rings is 2. The Bertz CT molecular complexity index is 2440. The number of carbonyl (C=O) groups is 6. The van der Waals surface area contributed by atoms with Crippen LogP contribution in [0.5, 0.6) is 11.5 Å². The monoisotopic (exact) mass is 878 g/mol. The number of aromatic nitrogens is 4. The van der Waals surface area contributed by atoms with Gasteiger partial charge in [0.1, 0.15) is 22.8 Å². The molecule has 2 aromatic carbocycles. The highest BCUT2D eigenvalue weighted by Crippen LogP contribution is 2.35. The highest BCUT2D eigenvalue weighted by molar-refractivity contribution is 6.45. The molecule has 1 fully saturated rings. The van der Waals surface area contributed by atoms with E-state index in [4.69, 9.17) is 40.3 Å². The summed E-state index contributed by atoms with van der Waals surface area (Å²) in [5, 5.41) is 9.19. The summed E-state index contributed by atoms with van der Waals surface area (Å²) in [5.41, 5.74) is 14.7. The van der Waals surface area contributed by atoms with Gasteiger partial charge in [0.2, 0.25) is 0 Å². The van der Waals surface area contributed by atoms with Crippen LogP contribution in [0.1, 0.15) is 69.9 Å². The van der Waals surface area contributed by atoms with Gasteiger partial charge >= 0.3 is 11.9 Å². The van der Waals surface area contributed by atoms with Crippen LogP contribution in [-0.2, 0) is 46.5 Å². The summed E-state index contributed by atoms with van der Waals surface area (Å²) in [6.45, 7) is 8.22. The van der Waals surface area contributed by atoms with Crippen LogP contribution in [-0.4, -0.2) is 98.9 Å². The van der Waals surface area contributed by atoms with E-state index in [1.54, 1.807) is 27.7 Å². The maximum atomic E-state index is 12.6. The van der Waals surface area contributed by atoms with E-state index in [0.717, 1.165) is 30.6 Å². The summed E-state index contributed by atoms with van der Waals surface area (Å²) < 4.78 is 29.3. The second kappa shape index (κ2) is 22.6. The van der Waals surface area contributed by atoms with Crippen molar-refractivity contribution in [2.45, 2.75) is 59.9 Å². The van der Waals surface area contributed by atoms with Gasteiger partial charge in [-0.05, 0) is 57.4 Å². The Morgan fingerprint density at radius 3 is 1.39 bits per heavy atom. The molecule has 6 aromatic rings. The molecule has 2 amide bonds. The van der Waals surface area contributed by atoms with Gasteiger partial charge in [0.25, 0.3) is 23.4 Å². The second-order valence-electron chi connectivity index (χ2n) is 14.1. The van der Waals surface area contributed by atoms with Crippen LogP contribution < -0.4 is 20.9 Å². The smallest absolute Gasteiger partial charge is 0.344 e. The Balaban J connectivity index is 0.000000212. The first-order valence-corrected chi connectivity index (χ1v) is 20.3. The van der Waals surface area contributed by atoms with Gasteiger partial charge in [-0.3, -0.25) is 19.2 Å². The SMILES string of the molecule is CCOC(=O)COc1ccnc2c1c(C(=O)C(N)=O)c(C)n2Cc1ccccc1.CCOC(=O)COc1ccnc2c1c(C(=O)C(N)=O)c(C)n2Cc1ccccc1.OC1CCCO1. The van der Waals surface area contributed by atoms with Gasteiger partial charge in [0, 0.05) is 49.9 Å². The molecule has 7 rings (SSSR count). The third kappa shape index (κ3) is 11.7. The van der Waals surface area contributed by atoms with Crippen LogP contribution >= 0.6 is 0 Å². The molecule has 336 valence electrons. The zero-order chi connectivity index (χ0) is 46.3. The quantitative estimate of drug-likeness (QED) is 0.0703. The number of ether oxygens (including phenoxy) is 5. The fourth-order valence-electron chi connectivity index (χ4n) is 6.90. The van der Waals surface area contributed by atoms with Gasteiger partial charge in [-0.25, -0.2) is 19.6 Å². The molecule has 1 unspecified atom stereocenters. The molecule has 0 aliphatic carbocycles. The molecule has 1 saturated heterocycles. The minimum atomic E-state index is -1.08. The molecular formula is C46H50N6O12. The van der Waals surface area contributed by atoms with Gasteiger partial charge in [-0.2, -0.15) is 0 Å². The van der Waals surface area contributed by atoms with Crippen LogP contribution in [0.3, 0.4) is 0 Å². The van der Waals surface area contributed by atoms with Crippen molar-refractivity contribution in [2.24, 2.45) is 11.5 Å². The third-order valence-electron chi connectivity index (χ3n) is 9.81. The number of primary amides is 2.